The van der Waals surface area contributed by atoms with Crippen molar-refractivity contribution >= 4 is 28.9 Å². The van der Waals surface area contributed by atoms with Crippen molar-refractivity contribution in [3.8, 4) is 0 Å². The summed E-state index contributed by atoms with van der Waals surface area (Å²) < 4.78 is 4.92. The summed E-state index contributed by atoms with van der Waals surface area (Å²) in [6, 6.07) is 16.1. The third kappa shape index (κ3) is 7.47. The molecule has 1 unspecified atom stereocenters. The van der Waals surface area contributed by atoms with Gasteiger partial charge in [-0.05, 0) is 49.4 Å². The summed E-state index contributed by atoms with van der Waals surface area (Å²) in [6.07, 6.45) is 0.532. The largest absolute Gasteiger partial charge is 0.480 e. The quantitative estimate of drug-likeness (QED) is 0.453. The second-order valence-corrected chi connectivity index (χ2v) is 6.01. The van der Waals surface area contributed by atoms with Crippen LogP contribution in [-0.2, 0) is 14.3 Å². The number of rotatable bonds is 11. The molecular formula is C20H25N3O4. The van der Waals surface area contributed by atoms with Crippen molar-refractivity contribution in [1.29, 1.82) is 0 Å². The van der Waals surface area contributed by atoms with Crippen LogP contribution in [0.15, 0.2) is 54.6 Å². The number of benzene rings is 2. The fourth-order valence-corrected chi connectivity index (χ4v) is 2.46. The number of carbonyl (C=O) groups is 2. The first-order valence-electron chi connectivity index (χ1n) is 8.75. The van der Waals surface area contributed by atoms with Crippen LogP contribution < -0.4 is 16.0 Å². The van der Waals surface area contributed by atoms with Crippen molar-refractivity contribution in [3.05, 3.63) is 54.6 Å². The van der Waals surface area contributed by atoms with Crippen LogP contribution in [0.2, 0.25) is 0 Å². The van der Waals surface area contributed by atoms with Gasteiger partial charge in [0, 0.05) is 30.8 Å². The number of carboxylic acid groups (broad SMARTS) is 1. The third-order valence-corrected chi connectivity index (χ3v) is 3.83. The highest BCUT2D eigenvalue weighted by atomic mass is 16.5. The van der Waals surface area contributed by atoms with Crippen LogP contribution in [0.1, 0.15) is 12.8 Å². The fourth-order valence-electron chi connectivity index (χ4n) is 2.46. The lowest BCUT2D eigenvalue weighted by Crippen LogP contribution is -2.40. The van der Waals surface area contributed by atoms with E-state index in [1.807, 2.05) is 42.5 Å². The molecule has 0 saturated heterocycles. The van der Waals surface area contributed by atoms with Crippen LogP contribution in [0.5, 0.6) is 0 Å². The molecular weight excluding hydrogens is 346 g/mol. The topological polar surface area (TPSA) is 99.7 Å². The van der Waals surface area contributed by atoms with Crippen molar-refractivity contribution in [3.63, 3.8) is 0 Å². The van der Waals surface area contributed by atoms with E-state index in [9.17, 15) is 14.7 Å². The lowest BCUT2D eigenvalue weighted by atomic mass is 10.2. The Morgan fingerprint density at radius 3 is 2.26 bits per heavy atom. The Balaban J connectivity index is 1.84. The second-order valence-electron chi connectivity index (χ2n) is 6.01. The first-order chi connectivity index (χ1) is 13.1. The van der Waals surface area contributed by atoms with Crippen LogP contribution in [0.3, 0.4) is 0 Å². The molecule has 2 aromatic carbocycles. The van der Waals surface area contributed by atoms with Gasteiger partial charge in [-0.1, -0.05) is 18.2 Å². The highest BCUT2D eigenvalue weighted by molar-refractivity contribution is 5.94. The maximum absolute atomic E-state index is 12.1. The van der Waals surface area contributed by atoms with E-state index in [1.54, 1.807) is 19.2 Å². The van der Waals surface area contributed by atoms with Crippen molar-refractivity contribution < 1.29 is 19.4 Å². The molecule has 0 saturated carbocycles. The van der Waals surface area contributed by atoms with Gasteiger partial charge in [-0.3, -0.25) is 9.59 Å². The van der Waals surface area contributed by atoms with Crippen LogP contribution in [0, 0.1) is 0 Å². The predicted octanol–water partition coefficient (Wildman–Crippen LogP) is 2.84. The molecule has 2 aromatic rings. The number of carbonyl (C=O) groups excluding carboxylic acids is 1. The fraction of sp³-hybridized carbons (Fsp3) is 0.300. The molecule has 0 fully saturated rings. The molecule has 0 bridgehead atoms. The Morgan fingerprint density at radius 1 is 1.00 bits per heavy atom. The van der Waals surface area contributed by atoms with Gasteiger partial charge >= 0.3 is 5.97 Å². The standard InChI is InChI=1S/C20H25N3O4/c1-27-13-5-12-21-18(20(25)26)14-19(24)23-17-10-8-16(9-11-17)22-15-6-3-2-4-7-15/h2-4,6-11,18,21-22H,5,12-14H2,1H3,(H,23,24)(H,25,26). The molecule has 4 N–H and O–H groups in total. The van der Waals surface area contributed by atoms with Crippen LogP contribution in [0.25, 0.3) is 0 Å². The van der Waals surface area contributed by atoms with Crippen LogP contribution in [-0.4, -0.2) is 43.3 Å². The summed E-state index contributed by atoms with van der Waals surface area (Å²) in [7, 11) is 1.59. The minimum atomic E-state index is -1.05. The first kappa shape index (κ1) is 20.4. The average Bonchev–Trinajstić information content (AvgIpc) is 2.66. The van der Waals surface area contributed by atoms with E-state index >= 15 is 0 Å². The molecule has 1 atom stereocenters. The van der Waals surface area contributed by atoms with Crippen molar-refractivity contribution in [2.45, 2.75) is 18.9 Å². The molecule has 27 heavy (non-hydrogen) atoms. The molecule has 0 heterocycles. The molecule has 2 rings (SSSR count). The summed E-state index contributed by atoms with van der Waals surface area (Å²) in [5.41, 5.74) is 2.47. The first-order valence-corrected chi connectivity index (χ1v) is 8.75. The zero-order valence-corrected chi connectivity index (χ0v) is 15.3. The van der Waals surface area contributed by atoms with Gasteiger partial charge in [0.15, 0.2) is 0 Å². The normalized spacial score (nSPS) is 11.6. The molecule has 0 spiro atoms. The molecule has 0 aromatic heterocycles. The van der Waals surface area contributed by atoms with Crippen molar-refractivity contribution in [2.75, 3.05) is 30.9 Å². The Labute approximate surface area is 158 Å². The van der Waals surface area contributed by atoms with Gasteiger partial charge in [0.1, 0.15) is 6.04 Å². The van der Waals surface area contributed by atoms with Gasteiger partial charge in [0.25, 0.3) is 0 Å². The van der Waals surface area contributed by atoms with E-state index in [2.05, 4.69) is 16.0 Å². The van der Waals surface area contributed by atoms with Gasteiger partial charge in [-0.25, -0.2) is 0 Å². The second kappa shape index (κ2) is 10.9. The lowest BCUT2D eigenvalue weighted by Gasteiger charge is -2.14. The number of hydrogen-bond acceptors (Lipinski definition) is 5. The Morgan fingerprint density at radius 2 is 1.63 bits per heavy atom. The highest BCUT2D eigenvalue weighted by Gasteiger charge is 2.20. The number of hydrogen-bond donors (Lipinski definition) is 4. The van der Waals surface area contributed by atoms with E-state index in [4.69, 9.17) is 4.74 Å². The van der Waals surface area contributed by atoms with Crippen molar-refractivity contribution in [2.24, 2.45) is 0 Å². The zero-order chi connectivity index (χ0) is 19.5. The van der Waals surface area contributed by atoms with Gasteiger partial charge < -0.3 is 25.8 Å². The maximum Gasteiger partial charge on any atom is 0.321 e. The number of amides is 1. The van der Waals surface area contributed by atoms with Gasteiger partial charge in [-0.2, -0.15) is 0 Å². The summed E-state index contributed by atoms with van der Waals surface area (Å²) in [5, 5.41) is 18.1. The SMILES string of the molecule is COCCCNC(CC(=O)Nc1ccc(Nc2ccccc2)cc1)C(=O)O. The smallest absolute Gasteiger partial charge is 0.321 e. The van der Waals surface area contributed by atoms with E-state index in [-0.39, 0.29) is 12.3 Å². The number of methoxy groups -OCH3 is 1. The van der Waals surface area contributed by atoms with E-state index < -0.39 is 12.0 Å². The summed E-state index contributed by atoms with van der Waals surface area (Å²) in [6.45, 7) is 1.01. The summed E-state index contributed by atoms with van der Waals surface area (Å²) >= 11 is 0. The number of carboxylic acids is 1. The number of ether oxygens (including phenoxy) is 1. The van der Waals surface area contributed by atoms with Gasteiger partial charge in [0.2, 0.25) is 5.91 Å². The summed E-state index contributed by atoms with van der Waals surface area (Å²) in [5.74, 6) is -1.41. The maximum atomic E-state index is 12.1. The van der Waals surface area contributed by atoms with Gasteiger partial charge in [-0.15, -0.1) is 0 Å². The average molecular weight is 371 g/mol. The molecule has 0 aliphatic carbocycles. The molecule has 1 amide bonds. The highest BCUT2D eigenvalue weighted by Crippen LogP contribution is 2.18. The van der Waals surface area contributed by atoms with Gasteiger partial charge in [0.05, 0.1) is 6.42 Å². The monoisotopic (exact) mass is 371 g/mol. The predicted molar refractivity (Wildman–Crippen MR) is 105 cm³/mol. The van der Waals surface area contributed by atoms with Crippen LogP contribution in [0.4, 0.5) is 17.1 Å². The number of para-hydroxylation sites is 1. The number of aliphatic carboxylic acids is 1. The Kier molecular flexibility index (Phi) is 8.28. The molecule has 7 heteroatoms. The zero-order valence-electron chi connectivity index (χ0n) is 15.3. The molecule has 144 valence electrons. The van der Waals surface area contributed by atoms with E-state index in [0.717, 1.165) is 11.4 Å². The molecule has 0 aliphatic heterocycles. The van der Waals surface area contributed by atoms with E-state index in [0.29, 0.717) is 25.3 Å². The summed E-state index contributed by atoms with van der Waals surface area (Å²) in [4.78, 5) is 23.4. The molecule has 7 nitrogen and oxygen atoms in total. The van der Waals surface area contributed by atoms with E-state index in [1.165, 1.54) is 0 Å². The lowest BCUT2D eigenvalue weighted by molar-refractivity contribution is -0.141. The molecule has 0 radical (unpaired) electrons. The van der Waals surface area contributed by atoms with Crippen molar-refractivity contribution in [1.82, 2.24) is 5.32 Å². The number of anilines is 3. The van der Waals surface area contributed by atoms with Crippen LogP contribution >= 0.6 is 0 Å². The minimum Gasteiger partial charge on any atom is -0.480 e. The Hall–Kier alpha value is -2.90. The Bertz CT molecular complexity index is 720. The number of nitrogens with one attached hydrogen (secondary N) is 3. The minimum absolute atomic E-state index is 0.146. The third-order valence-electron chi connectivity index (χ3n) is 3.83. The molecule has 0 aliphatic rings.